The number of likely N-dealkylation sites (tertiary alicyclic amines) is 1. The maximum absolute atomic E-state index is 13.4. The summed E-state index contributed by atoms with van der Waals surface area (Å²) in [5, 5.41) is 20.6. The molecule has 0 aromatic heterocycles. The molecule has 2 aromatic carbocycles. The lowest BCUT2D eigenvalue weighted by molar-refractivity contribution is -0.384. The van der Waals surface area contributed by atoms with E-state index in [1.165, 1.54) is 48.5 Å². The van der Waals surface area contributed by atoms with E-state index in [9.17, 15) is 29.2 Å². The van der Waals surface area contributed by atoms with E-state index in [0.717, 1.165) is 17.7 Å². The number of imide groups is 1. The largest absolute Gasteiger partial charge is 0.396 e. The molecule has 160 valence electrons. The molecule has 2 aliphatic rings. The van der Waals surface area contributed by atoms with Crippen molar-refractivity contribution in [2.45, 2.75) is 12.8 Å². The Morgan fingerprint density at radius 2 is 1.74 bits per heavy atom. The van der Waals surface area contributed by atoms with Crippen molar-refractivity contribution in [2.75, 3.05) is 24.6 Å². The lowest BCUT2D eigenvalue weighted by Crippen LogP contribution is -2.40. The first-order valence-electron chi connectivity index (χ1n) is 9.90. The zero-order valence-electron chi connectivity index (χ0n) is 16.5. The van der Waals surface area contributed by atoms with Gasteiger partial charge in [0.1, 0.15) is 11.5 Å². The van der Waals surface area contributed by atoms with Crippen LogP contribution < -0.4 is 4.90 Å². The number of benzene rings is 2. The second-order valence-electron chi connectivity index (χ2n) is 7.59. The summed E-state index contributed by atoms with van der Waals surface area (Å²) in [7, 11) is 0. The third kappa shape index (κ3) is 3.79. The van der Waals surface area contributed by atoms with Crippen LogP contribution in [0.25, 0.3) is 5.57 Å². The molecule has 2 heterocycles. The Kier molecular flexibility index (Phi) is 5.51. The Balaban J connectivity index is 1.80. The predicted molar refractivity (Wildman–Crippen MR) is 110 cm³/mol. The van der Waals surface area contributed by atoms with E-state index in [2.05, 4.69) is 0 Å². The van der Waals surface area contributed by atoms with Crippen molar-refractivity contribution >= 4 is 28.8 Å². The predicted octanol–water partition coefficient (Wildman–Crippen LogP) is 2.72. The molecule has 0 radical (unpaired) electrons. The summed E-state index contributed by atoms with van der Waals surface area (Å²) in [4.78, 5) is 40.0. The first-order valence-corrected chi connectivity index (χ1v) is 9.90. The minimum atomic E-state index is -0.577. The number of carbonyl (C=O) groups excluding carboxylic acids is 2. The van der Waals surface area contributed by atoms with Crippen LogP contribution in [0.4, 0.5) is 15.8 Å². The van der Waals surface area contributed by atoms with E-state index >= 15 is 0 Å². The van der Waals surface area contributed by atoms with Gasteiger partial charge in [-0.1, -0.05) is 0 Å². The van der Waals surface area contributed by atoms with Crippen LogP contribution in [-0.2, 0) is 9.59 Å². The van der Waals surface area contributed by atoms with Crippen LogP contribution >= 0.6 is 0 Å². The number of amides is 2. The number of nitro benzene ring substituents is 1. The molecule has 1 atom stereocenters. The molecule has 1 saturated heterocycles. The van der Waals surface area contributed by atoms with E-state index in [-0.39, 0.29) is 35.2 Å². The topological polar surface area (TPSA) is 104 Å². The smallest absolute Gasteiger partial charge is 0.282 e. The second-order valence-corrected chi connectivity index (χ2v) is 7.59. The molecule has 8 nitrogen and oxygen atoms in total. The van der Waals surface area contributed by atoms with Crippen LogP contribution in [0.3, 0.4) is 0 Å². The number of carbonyl (C=O) groups is 2. The number of aliphatic hydroxyl groups is 1. The highest BCUT2D eigenvalue weighted by Gasteiger charge is 2.43. The Morgan fingerprint density at radius 3 is 2.35 bits per heavy atom. The van der Waals surface area contributed by atoms with E-state index in [0.29, 0.717) is 18.7 Å². The summed E-state index contributed by atoms with van der Waals surface area (Å²) in [6.07, 6.45) is 1.57. The van der Waals surface area contributed by atoms with Crippen LogP contribution in [0, 0.1) is 21.8 Å². The molecule has 4 rings (SSSR count). The molecular weight excluding hydrogens is 405 g/mol. The van der Waals surface area contributed by atoms with Crippen molar-refractivity contribution in [3.63, 3.8) is 0 Å². The molecule has 2 aliphatic heterocycles. The highest BCUT2D eigenvalue weighted by molar-refractivity contribution is 6.45. The molecule has 1 fully saturated rings. The fourth-order valence-electron chi connectivity index (χ4n) is 4.06. The number of piperidine rings is 1. The van der Waals surface area contributed by atoms with Gasteiger partial charge in [0.25, 0.3) is 17.5 Å². The average Bonchev–Trinajstić information content (AvgIpc) is 3.04. The number of halogens is 1. The molecule has 0 saturated carbocycles. The number of rotatable bonds is 5. The first kappa shape index (κ1) is 20.7. The summed E-state index contributed by atoms with van der Waals surface area (Å²) in [6, 6.07) is 10.5. The first-order chi connectivity index (χ1) is 14.9. The van der Waals surface area contributed by atoms with Gasteiger partial charge < -0.3 is 10.0 Å². The van der Waals surface area contributed by atoms with Gasteiger partial charge in [0, 0.05) is 31.8 Å². The van der Waals surface area contributed by atoms with E-state index in [4.69, 9.17) is 0 Å². The van der Waals surface area contributed by atoms with Crippen molar-refractivity contribution in [2.24, 2.45) is 5.92 Å². The number of nitro groups is 1. The number of hydrogen-bond acceptors (Lipinski definition) is 6. The Morgan fingerprint density at radius 1 is 1.06 bits per heavy atom. The van der Waals surface area contributed by atoms with Gasteiger partial charge >= 0.3 is 0 Å². The summed E-state index contributed by atoms with van der Waals surface area (Å²) >= 11 is 0. The van der Waals surface area contributed by atoms with Crippen molar-refractivity contribution in [1.29, 1.82) is 0 Å². The van der Waals surface area contributed by atoms with E-state index in [1.807, 2.05) is 0 Å². The molecule has 0 aliphatic carbocycles. The van der Waals surface area contributed by atoms with E-state index in [1.54, 1.807) is 4.90 Å². The average molecular weight is 425 g/mol. The third-order valence-electron chi connectivity index (χ3n) is 5.60. The molecule has 2 amide bonds. The zero-order chi connectivity index (χ0) is 22.1. The van der Waals surface area contributed by atoms with Crippen molar-refractivity contribution in [1.82, 2.24) is 4.90 Å². The van der Waals surface area contributed by atoms with Gasteiger partial charge in [0.2, 0.25) is 0 Å². The summed E-state index contributed by atoms with van der Waals surface area (Å²) < 4.78 is 13.4. The maximum atomic E-state index is 13.4. The van der Waals surface area contributed by atoms with Crippen LogP contribution in [0.5, 0.6) is 0 Å². The van der Waals surface area contributed by atoms with Crippen molar-refractivity contribution in [3.05, 3.63) is 75.7 Å². The maximum Gasteiger partial charge on any atom is 0.282 e. The summed E-state index contributed by atoms with van der Waals surface area (Å²) in [5.41, 5.74) is 0.830. The van der Waals surface area contributed by atoms with E-state index < -0.39 is 22.6 Å². The number of hydrogen-bond donors (Lipinski definition) is 1. The molecule has 1 N–H and O–H groups in total. The Labute approximate surface area is 177 Å². The quantitative estimate of drug-likeness (QED) is 0.449. The molecule has 1 unspecified atom stereocenters. The lowest BCUT2D eigenvalue weighted by Gasteiger charge is -2.34. The van der Waals surface area contributed by atoms with Gasteiger partial charge in [-0.15, -0.1) is 0 Å². The highest BCUT2D eigenvalue weighted by Crippen LogP contribution is 2.36. The SMILES string of the molecule is O=C1C(c2ccc([N+](=O)[O-])cc2)=C(N2CCCC(CO)C2)C(=O)N1c1ccc(F)cc1. The highest BCUT2D eigenvalue weighted by atomic mass is 19.1. The van der Waals surface area contributed by atoms with Crippen LogP contribution in [0.15, 0.2) is 54.2 Å². The zero-order valence-corrected chi connectivity index (χ0v) is 16.5. The number of nitrogens with zero attached hydrogens (tertiary/aromatic N) is 3. The minimum Gasteiger partial charge on any atom is -0.396 e. The standard InChI is InChI=1S/C22H20FN3O5/c23-16-5-9-17(10-6-16)25-21(28)19(15-3-7-18(8-4-15)26(30)31)20(22(25)29)24-11-1-2-14(12-24)13-27/h3-10,14,27H,1-2,11-13H2. The molecule has 9 heteroatoms. The van der Waals surface area contributed by atoms with Gasteiger partial charge in [-0.3, -0.25) is 19.7 Å². The van der Waals surface area contributed by atoms with Gasteiger partial charge in [0.15, 0.2) is 0 Å². The van der Waals surface area contributed by atoms with Gasteiger partial charge in [-0.25, -0.2) is 9.29 Å². The molecular formula is C22H20FN3O5. The number of anilines is 1. The summed E-state index contributed by atoms with van der Waals surface area (Å²) in [6.45, 7) is 0.928. The normalized spacial score (nSPS) is 19.4. The fraction of sp³-hybridized carbons (Fsp3) is 0.273. The minimum absolute atomic E-state index is 0.0258. The Bertz CT molecular complexity index is 1070. The third-order valence-corrected chi connectivity index (χ3v) is 5.60. The number of aliphatic hydroxyl groups excluding tert-OH is 1. The molecule has 0 spiro atoms. The lowest BCUT2D eigenvalue weighted by atomic mass is 9.97. The van der Waals surface area contributed by atoms with Gasteiger partial charge in [-0.2, -0.15) is 0 Å². The van der Waals surface area contributed by atoms with Crippen LogP contribution in [0.1, 0.15) is 18.4 Å². The van der Waals surface area contributed by atoms with Crippen molar-refractivity contribution in [3.8, 4) is 0 Å². The van der Waals surface area contributed by atoms with Crippen LogP contribution in [-0.4, -0.2) is 46.4 Å². The number of non-ortho nitro benzene ring substituents is 1. The Hall–Kier alpha value is -3.59. The summed E-state index contributed by atoms with van der Waals surface area (Å²) in [5.74, 6) is -1.63. The molecule has 2 aromatic rings. The van der Waals surface area contributed by atoms with Crippen molar-refractivity contribution < 1.29 is 24.0 Å². The molecule has 0 bridgehead atoms. The van der Waals surface area contributed by atoms with Crippen LogP contribution in [0.2, 0.25) is 0 Å². The fourth-order valence-corrected chi connectivity index (χ4v) is 4.06. The monoisotopic (exact) mass is 425 g/mol. The molecule has 31 heavy (non-hydrogen) atoms. The second kappa shape index (κ2) is 8.27. The van der Waals surface area contributed by atoms with Gasteiger partial charge in [-0.05, 0) is 60.7 Å². The van der Waals surface area contributed by atoms with Gasteiger partial charge in [0.05, 0.1) is 16.2 Å².